The fourth-order valence-electron chi connectivity index (χ4n) is 4.51. The van der Waals surface area contributed by atoms with Crippen molar-refractivity contribution >= 4 is 17.9 Å². The number of carbonyl (C=O) groups excluding carboxylic acids is 1. The third kappa shape index (κ3) is 7.79. The van der Waals surface area contributed by atoms with Gasteiger partial charge in [0, 0.05) is 28.3 Å². The Hall–Kier alpha value is -1.95. The van der Waals surface area contributed by atoms with E-state index in [0.717, 1.165) is 25.0 Å². The quantitative estimate of drug-likeness (QED) is 0.490. The average Bonchev–Trinajstić information content (AvgIpc) is 3.49. The molecule has 0 spiro atoms. The molecular weight excluding hydrogens is 442 g/mol. The van der Waals surface area contributed by atoms with Gasteiger partial charge in [-0.25, -0.2) is 4.79 Å². The molecule has 1 saturated carbocycles. The van der Waals surface area contributed by atoms with Gasteiger partial charge in [0.15, 0.2) is 0 Å². The van der Waals surface area contributed by atoms with E-state index in [0.29, 0.717) is 5.92 Å². The Morgan fingerprint density at radius 3 is 2.50 bits per heavy atom. The number of hydrogen-bond acceptors (Lipinski definition) is 4. The molecule has 2 aromatic rings. The van der Waals surface area contributed by atoms with Gasteiger partial charge in [-0.2, -0.15) is 5.10 Å². The number of carbonyl (C=O) groups is 1. The number of alkyl carbamates (subject to hydrolysis) is 1. The summed E-state index contributed by atoms with van der Waals surface area (Å²) in [6.07, 6.45) is 3.78. The van der Waals surface area contributed by atoms with Gasteiger partial charge in [-0.05, 0) is 97.4 Å². The number of aromatic nitrogens is 2. The van der Waals surface area contributed by atoms with Crippen LogP contribution in [-0.4, -0.2) is 33.8 Å². The highest BCUT2D eigenvalue weighted by atomic mass is 32.2. The molecule has 190 valence electrons. The highest BCUT2D eigenvalue weighted by Gasteiger charge is 2.31. The van der Waals surface area contributed by atoms with Crippen LogP contribution in [0.15, 0.2) is 29.2 Å². The molecule has 2 atom stereocenters. The summed E-state index contributed by atoms with van der Waals surface area (Å²) in [5.74, 6) is 1.67. The number of nitrogens with one attached hydrogen (secondary N) is 1. The highest BCUT2D eigenvalue weighted by Crippen LogP contribution is 2.36. The van der Waals surface area contributed by atoms with Crippen molar-refractivity contribution in [1.29, 1.82) is 0 Å². The van der Waals surface area contributed by atoms with Crippen LogP contribution in [-0.2, 0) is 16.7 Å². The van der Waals surface area contributed by atoms with Crippen LogP contribution in [0.1, 0.15) is 96.2 Å². The molecule has 0 saturated heterocycles. The summed E-state index contributed by atoms with van der Waals surface area (Å²) in [5.41, 5.74) is 5.34. The summed E-state index contributed by atoms with van der Waals surface area (Å²) in [4.78, 5) is 13.2. The van der Waals surface area contributed by atoms with E-state index in [1.54, 1.807) is 5.56 Å². The molecule has 4 rings (SSSR count). The molecule has 6 heteroatoms. The van der Waals surface area contributed by atoms with Crippen LogP contribution in [0, 0.1) is 13.8 Å². The lowest BCUT2D eigenvalue weighted by molar-refractivity contribution is 0.0981. The Labute approximate surface area is 211 Å². The maximum atomic E-state index is 11.7. The second kappa shape index (κ2) is 12.7. The zero-order valence-electron chi connectivity index (χ0n) is 22.7. The molecule has 1 N–H and O–H groups in total. The predicted molar refractivity (Wildman–Crippen MR) is 144 cm³/mol. The predicted octanol–water partition coefficient (Wildman–Crippen LogP) is 7.39. The van der Waals surface area contributed by atoms with Crippen LogP contribution in [0.3, 0.4) is 0 Å². The molecule has 0 radical (unpaired) electrons. The van der Waals surface area contributed by atoms with E-state index < -0.39 is 0 Å². The van der Waals surface area contributed by atoms with E-state index in [9.17, 15) is 4.79 Å². The molecule has 1 aliphatic heterocycles. The van der Waals surface area contributed by atoms with Crippen molar-refractivity contribution in [2.75, 3.05) is 5.75 Å². The molecular formula is C28H45N3O2S. The highest BCUT2D eigenvalue weighted by molar-refractivity contribution is 7.99. The molecule has 1 fully saturated rings. The molecule has 1 amide bonds. The summed E-state index contributed by atoms with van der Waals surface area (Å²) < 4.78 is 7.58. The van der Waals surface area contributed by atoms with Crippen LogP contribution in [0.25, 0.3) is 0 Å². The van der Waals surface area contributed by atoms with Gasteiger partial charge < -0.3 is 10.1 Å². The smallest absolute Gasteiger partial charge is 0.407 e. The van der Waals surface area contributed by atoms with E-state index in [2.05, 4.69) is 68.9 Å². The van der Waals surface area contributed by atoms with E-state index in [1.165, 1.54) is 28.3 Å². The standard InChI is InChI=1S/C17H29N3O2.C9H10S.C2H6/c1-11(2)18-16(21)22-14-8-7-13(10-14)15-9-12(3)20(19-15)17(4,5)6;1-7-3-2-4-9-8(7)5-6-10-9;1-2/h9,11,13-14H,7-8,10H2,1-6H3,(H,18,21);2-4H,5-6H2,1H3;1-2H3. The number of fused-ring (bicyclic) bond motifs is 1. The number of hydrogen-bond donors (Lipinski definition) is 1. The minimum Gasteiger partial charge on any atom is -0.446 e. The Kier molecular flexibility index (Phi) is 10.5. The first-order valence-electron chi connectivity index (χ1n) is 12.8. The lowest BCUT2D eigenvalue weighted by Gasteiger charge is -2.21. The number of rotatable bonds is 3. The molecule has 1 aliphatic carbocycles. The van der Waals surface area contributed by atoms with Gasteiger partial charge in [0.1, 0.15) is 6.10 Å². The van der Waals surface area contributed by atoms with Crippen molar-refractivity contribution < 1.29 is 9.53 Å². The maximum Gasteiger partial charge on any atom is 0.407 e. The van der Waals surface area contributed by atoms with Gasteiger partial charge in [0.2, 0.25) is 0 Å². The van der Waals surface area contributed by atoms with Crippen molar-refractivity contribution in [1.82, 2.24) is 15.1 Å². The van der Waals surface area contributed by atoms with Crippen molar-refractivity contribution in [2.45, 2.75) is 116 Å². The fraction of sp³-hybridized carbons (Fsp3) is 0.643. The lowest BCUT2D eigenvalue weighted by atomic mass is 10.0. The Morgan fingerprint density at radius 1 is 1.21 bits per heavy atom. The zero-order chi connectivity index (χ0) is 25.5. The number of ether oxygens (including phenoxy) is 1. The summed E-state index contributed by atoms with van der Waals surface area (Å²) >= 11 is 1.98. The normalized spacial score (nSPS) is 19.0. The van der Waals surface area contributed by atoms with Gasteiger partial charge in [-0.3, -0.25) is 4.68 Å². The van der Waals surface area contributed by atoms with Crippen molar-refractivity contribution in [2.24, 2.45) is 0 Å². The summed E-state index contributed by atoms with van der Waals surface area (Å²) in [5, 5.41) is 7.56. The summed E-state index contributed by atoms with van der Waals surface area (Å²) in [6, 6.07) is 8.85. The van der Waals surface area contributed by atoms with Crippen LogP contribution < -0.4 is 5.32 Å². The average molecular weight is 488 g/mol. The van der Waals surface area contributed by atoms with E-state index in [4.69, 9.17) is 9.84 Å². The molecule has 2 unspecified atom stereocenters. The Bertz CT molecular complexity index is 930. The van der Waals surface area contributed by atoms with E-state index in [-0.39, 0.29) is 23.8 Å². The minimum atomic E-state index is -0.308. The molecule has 0 bridgehead atoms. The monoisotopic (exact) mass is 487 g/mol. The van der Waals surface area contributed by atoms with Crippen molar-refractivity contribution in [3.8, 4) is 0 Å². The van der Waals surface area contributed by atoms with Gasteiger partial charge in [-0.15, -0.1) is 11.8 Å². The Morgan fingerprint density at radius 2 is 1.91 bits per heavy atom. The second-order valence-electron chi connectivity index (χ2n) is 10.3. The van der Waals surface area contributed by atoms with Gasteiger partial charge in [-0.1, -0.05) is 26.0 Å². The molecule has 34 heavy (non-hydrogen) atoms. The third-order valence-corrected chi connectivity index (χ3v) is 7.10. The van der Waals surface area contributed by atoms with Crippen molar-refractivity contribution in [3.63, 3.8) is 0 Å². The number of amides is 1. The Balaban J connectivity index is 0.000000281. The first-order chi connectivity index (χ1) is 16.0. The molecule has 1 aromatic heterocycles. The summed E-state index contributed by atoms with van der Waals surface area (Å²) in [6.45, 7) is 18.6. The van der Waals surface area contributed by atoms with Crippen molar-refractivity contribution in [3.05, 3.63) is 46.8 Å². The molecule has 2 aliphatic rings. The topological polar surface area (TPSA) is 56.1 Å². The second-order valence-corrected chi connectivity index (χ2v) is 11.4. The first kappa shape index (κ1) is 28.3. The molecule has 5 nitrogen and oxygen atoms in total. The van der Waals surface area contributed by atoms with Crippen LogP contribution in [0.5, 0.6) is 0 Å². The molecule has 2 heterocycles. The van der Waals surface area contributed by atoms with Gasteiger partial charge in [0.25, 0.3) is 0 Å². The van der Waals surface area contributed by atoms with E-state index in [1.807, 2.05) is 39.5 Å². The minimum absolute atomic E-state index is 0.00356. The zero-order valence-corrected chi connectivity index (χ0v) is 23.5. The third-order valence-electron chi connectivity index (χ3n) is 6.00. The first-order valence-corrected chi connectivity index (χ1v) is 13.8. The van der Waals surface area contributed by atoms with Crippen LogP contribution in [0.2, 0.25) is 0 Å². The number of nitrogens with zero attached hydrogens (tertiary/aromatic N) is 2. The largest absolute Gasteiger partial charge is 0.446 e. The number of benzene rings is 1. The fourth-order valence-corrected chi connectivity index (χ4v) is 5.65. The molecule has 1 aromatic carbocycles. The SMILES string of the molecule is CC.Cc1cc(C2CCC(OC(=O)NC(C)C)C2)nn1C(C)(C)C.Cc1cccc2c1CCS2. The number of aryl methyl sites for hydroxylation is 2. The van der Waals surface area contributed by atoms with Gasteiger partial charge >= 0.3 is 6.09 Å². The summed E-state index contributed by atoms with van der Waals surface area (Å²) in [7, 11) is 0. The van der Waals surface area contributed by atoms with Crippen LogP contribution in [0.4, 0.5) is 4.79 Å². The van der Waals surface area contributed by atoms with E-state index >= 15 is 0 Å². The number of thioether (sulfide) groups is 1. The van der Waals surface area contributed by atoms with Gasteiger partial charge in [0.05, 0.1) is 11.2 Å². The maximum absolute atomic E-state index is 11.7. The lowest BCUT2D eigenvalue weighted by Crippen LogP contribution is -2.33. The van der Waals surface area contributed by atoms with Crippen LogP contribution >= 0.6 is 11.8 Å².